The lowest BCUT2D eigenvalue weighted by molar-refractivity contribution is -0.114. The molecule has 0 aliphatic heterocycles. The molecule has 1 amide bonds. The summed E-state index contributed by atoms with van der Waals surface area (Å²) in [6.07, 6.45) is 4.44. The summed E-state index contributed by atoms with van der Waals surface area (Å²) in [5.74, 6) is -0.240. The number of aromatic nitrogens is 6. The Balaban J connectivity index is 1.53. The van der Waals surface area contributed by atoms with Crippen molar-refractivity contribution in [2.24, 2.45) is 7.05 Å². The Morgan fingerprint density at radius 3 is 2.93 bits per heavy atom. The van der Waals surface area contributed by atoms with Crippen LogP contribution in [-0.4, -0.2) is 41.1 Å². The van der Waals surface area contributed by atoms with Gasteiger partial charge in [-0.05, 0) is 19.4 Å². The summed E-state index contributed by atoms with van der Waals surface area (Å²) in [7, 11) is 1.79. The molecule has 1 N–H and O–H groups in total. The second-order valence-corrected chi connectivity index (χ2v) is 8.06. The molecule has 0 aliphatic carbocycles. The Bertz CT molecular complexity index is 1240. The van der Waals surface area contributed by atoms with Gasteiger partial charge in [0.25, 0.3) is 5.56 Å². The first-order valence-corrected chi connectivity index (χ1v) is 9.78. The molecule has 0 fully saturated rings. The number of nitrogens with zero attached hydrogens (tertiary/aromatic N) is 6. The fraction of sp³-hybridized carbons (Fsp3) is 0.250. The lowest BCUT2D eigenvalue weighted by Crippen LogP contribution is -2.34. The van der Waals surface area contributed by atoms with Crippen LogP contribution in [-0.2, 0) is 11.8 Å². The van der Waals surface area contributed by atoms with Gasteiger partial charge in [0.2, 0.25) is 5.91 Å². The third kappa shape index (κ3) is 3.08. The van der Waals surface area contributed by atoms with E-state index in [-0.39, 0.29) is 17.2 Å². The molecule has 0 bridgehead atoms. The summed E-state index contributed by atoms with van der Waals surface area (Å²) < 4.78 is 2.77. The average molecular weight is 401 g/mol. The van der Waals surface area contributed by atoms with Gasteiger partial charge in [-0.3, -0.25) is 19.7 Å². The van der Waals surface area contributed by atoms with Gasteiger partial charge in [0.15, 0.2) is 5.65 Å². The quantitative estimate of drug-likeness (QED) is 0.409. The molecule has 0 unspecified atom stereocenters. The monoisotopic (exact) mass is 401 g/mol. The lowest BCUT2D eigenvalue weighted by atomic mass is 10.2. The standard InChI is InChI=1S/C16H15N7O2S2/c1-8-9(2)27-15-12(8)16(25)23(7-19-15)21-11(24)5-26-14-10-4-20-22(3)13(10)17-6-18-14/h4,6-7H,5H2,1-3H3,(H,21,24). The number of thioether (sulfide) groups is 1. The van der Waals surface area contributed by atoms with Crippen LogP contribution in [0, 0.1) is 13.8 Å². The fourth-order valence-electron chi connectivity index (χ4n) is 2.67. The first-order valence-electron chi connectivity index (χ1n) is 7.98. The third-order valence-electron chi connectivity index (χ3n) is 4.17. The van der Waals surface area contributed by atoms with Crippen molar-refractivity contribution >= 4 is 50.3 Å². The molecular formula is C16H15N7O2S2. The van der Waals surface area contributed by atoms with Crippen LogP contribution in [0.3, 0.4) is 0 Å². The smallest absolute Gasteiger partial charge is 0.272 e. The summed E-state index contributed by atoms with van der Waals surface area (Å²) in [6.45, 7) is 3.83. The van der Waals surface area contributed by atoms with Crippen LogP contribution < -0.4 is 11.0 Å². The highest BCUT2D eigenvalue weighted by Crippen LogP contribution is 2.25. The largest absolute Gasteiger partial charge is 0.281 e. The summed E-state index contributed by atoms with van der Waals surface area (Å²) in [5, 5.41) is 6.13. The van der Waals surface area contributed by atoms with Crippen molar-refractivity contribution in [1.82, 2.24) is 29.4 Å². The molecule has 0 radical (unpaired) electrons. The van der Waals surface area contributed by atoms with Crippen molar-refractivity contribution in [2.75, 3.05) is 11.2 Å². The fourth-order valence-corrected chi connectivity index (χ4v) is 4.41. The van der Waals surface area contributed by atoms with Gasteiger partial charge in [0, 0.05) is 11.9 Å². The van der Waals surface area contributed by atoms with Crippen molar-refractivity contribution < 1.29 is 4.79 Å². The average Bonchev–Trinajstić information content (AvgIpc) is 3.17. The van der Waals surface area contributed by atoms with Crippen LogP contribution in [0.4, 0.5) is 0 Å². The molecule has 0 saturated heterocycles. The highest BCUT2D eigenvalue weighted by Gasteiger charge is 2.14. The van der Waals surface area contributed by atoms with Crippen LogP contribution in [0.15, 0.2) is 28.7 Å². The van der Waals surface area contributed by atoms with Crippen molar-refractivity contribution in [3.63, 3.8) is 0 Å². The molecule has 4 aromatic rings. The zero-order chi connectivity index (χ0) is 19.1. The van der Waals surface area contributed by atoms with Gasteiger partial charge < -0.3 is 0 Å². The molecule has 4 heterocycles. The number of carbonyl (C=O) groups is 1. The highest BCUT2D eigenvalue weighted by atomic mass is 32.2. The summed E-state index contributed by atoms with van der Waals surface area (Å²) in [6, 6.07) is 0. The Kier molecular flexibility index (Phi) is 4.40. The first-order chi connectivity index (χ1) is 13.0. The second kappa shape index (κ2) is 6.74. The van der Waals surface area contributed by atoms with E-state index in [1.807, 2.05) is 13.8 Å². The van der Waals surface area contributed by atoms with Gasteiger partial charge in [-0.25, -0.2) is 19.6 Å². The van der Waals surface area contributed by atoms with Crippen LogP contribution in [0.25, 0.3) is 21.3 Å². The zero-order valence-corrected chi connectivity index (χ0v) is 16.4. The van der Waals surface area contributed by atoms with Gasteiger partial charge in [-0.1, -0.05) is 11.8 Å². The Labute approximate surface area is 161 Å². The zero-order valence-electron chi connectivity index (χ0n) is 14.8. The number of thiophene rings is 1. The maximum atomic E-state index is 12.6. The van der Waals surface area contributed by atoms with Gasteiger partial charge in [0.05, 0.1) is 22.7 Å². The van der Waals surface area contributed by atoms with E-state index in [1.165, 1.54) is 35.8 Å². The van der Waals surface area contributed by atoms with E-state index in [0.29, 0.717) is 20.9 Å². The first kappa shape index (κ1) is 17.6. The molecule has 0 aliphatic rings. The molecule has 11 heteroatoms. The Morgan fingerprint density at radius 1 is 1.30 bits per heavy atom. The van der Waals surface area contributed by atoms with E-state index in [2.05, 4.69) is 25.5 Å². The molecule has 27 heavy (non-hydrogen) atoms. The van der Waals surface area contributed by atoms with Gasteiger partial charge >= 0.3 is 0 Å². The minimum atomic E-state index is -0.330. The van der Waals surface area contributed by atoms with E-state index in [1.54, 1.807) is 17.9 Å². The number of fused-ring (bicyclic) bond motifs is 2. The molecule has 0 aromatic carbocycles. The maximum absolute atomic E-state index is 12.6. The third-order valence-corrected chi connectivity index (χ3v) is 6.29. The lowest BCUT2D eigenvalue weighted by Gasteiger charge is -2.07. The normalized spacial score (nSPS) is 11.4. The number of hydrogen-bond donors (Lipinski definition) is 1. The highest BCUT2D eigenvalue weighted by molar-refractivity contribution is 8.00. The summed E-state index contributed by atoms with van der Waals surface area (Å²) >= 11 is 2.72. The number of hydrogen-bond acceptors (Lipinski definition) is 8. The maximum Gasteiger partial charge on any atom is 0.281 e. The van der Waals surface area contributed by atoms with Crippen molar-refractivity contribution in [1.29, 1.82) is 0 Å². The van der Waals surface area contributed by atoms with E-state index >= 15 is 0 Å². The predicted molar refractivity (Wildman–Crippen MR) is 105 cm³/mol. The second-order valence-electron chi connectivity index (χ2n) is 5.89. The number of amides is 1. The van der Waals surface area contributed by atoms with E-state index in [4.69, 9.17) is 0 Å². The van der Waals surface area contributed by atoms with Crippen molar-refractivity contribution in [3.8, 4) is 0 Å². The molecule has 0 saturated carbocycles. The Morgan fingerprint density at radius 2 is 2.11 bits per heavy atom. The topological polar surface area (TPSA) is 108 Å². The molecule has 4 rings (SSSR count). The molecule has 138 valence electrons. The van der Waals surface area contributed by atoms with Gasteiger partial charge in [0.1, 0.15) is 22.5 Å². The minimum Gasteiger partial charge on any atom is -0.272 e. The molecule has 0 spiro atoms. The van der Waals surface area contributed by atoms with Crippen molar-refractivity contribution in [3.05, 3.63) is 39.6 Å². The number of aryl methyl sites for hydroxylation is 3. The van der Waals surface area contributed by atoms with Gasteiger partial charge in [-0.2, -0.15) is 5.10 Å². The number of rotatable bonds is 4. The SMILES string of the molecule is Cc1sc2ncn(NC(=O)CSc3ncnc4c3cnn4C)c(=O)c2c1C. The van der Waals surface area contributed by atoms with Crippen LogP contribution in [0.2, 0.25) is 0 Å². The molecular weight excluding hydrogens is 386 g/mol. The van der Waals surface area contributed by atoms with Crippen LogP contribution >= 0.6 is 23.1 Å². The van der Waals surface area contributed by atoms with Crippen LogP contribution in [0.5, 0.6) is 0 Å². The van der Waals surface area contributed by atoms with E-state index < -0.39 is 0 Å². The summed E-state index contributed by atoms with van der Waals surface area (Å²) in [5.41, 5.74) is 3.89. The van der Waals surface area contributed by atoms with Crippen molar-refractivity contribution in [2.45, 2.75) is 18.9 Å². The number of nitrogens with one attached hydrogen (secondary N) is 1. The number of carbonyl (C=O) groups excluding carboxylic acids is 1. The molecule has 0 atom stereocenters. The predicted octanol–water partition coefficient (Wildman–Crippen LogP) is 1.61. The minimum absolute atomic E-state index is 0.0904. The van der Waals surface area contributed by atoms with E-state index in [0.717, 1.165) is 20.5 Å². The van der Waals surface area contributed by atoms with Crippen LogP contribution in [0.1, 0.15) is 10.4 Å². The van der Waals surface area contributed by atoms with Gasteiger partial charge in [-0.15, -0.1) is 11.3 Å². The summed E-state index contributed by atoms with van der Waals surface area (Å²) in [4.78, 5) is 39.3. The molecule has 9 nitrogen and oxygen atoms in total. The van der Waals surface area contributed by atoms with E-state index in [9.17, 15) is 9.59 Å². The molecule has 4 aromatic heterocycles. The Hall–Kier alpha value is -2.79.